The Labute approximate surface area is 171 Å². The fourth-order valence-corrected chi connectivity index (χ4v) is 3.56. The summed E-state index contributed by atoms with van der Waals surface area (Å²) < 4.78 is 0. The van der Waals surface area contributed by atoms with E-state index in [0.29, 0.717) is 27.8 Å². The molecule has 0 saturated heterocycles. The molecule has 0 bridgehead atoms. The fourth-order valence-electron chi connectivity index (χ4n) is 3.18. The summed E-state index contributed by atoms with van der Waals surface area (Å²) in [6.07, 6.45) is 3.94. The van der Waals surface area contributed by atoms with E-state index in [-0.39, 0.29) is 17.4 Å². The standard InChI is InChI=1S/C21H15Cl2N3O2/c22-15-4-6-18(23)17(10-15)20(27)25-16-5-3-13-7-9-26(19(13)11-16)21(28)14-2-1-8-24-12-14/h1-6,8,10-12H,7,9H2,(H,25,27). The molecule has 1 aliphatic heterocycles. The van der Waals surface area contributed by atoms with Crippen molar-refractivity contribution >= 4 is 46.4 Å². The molecule has 0 unspecified atom stereocenters. The van der Waals surface area contributed by atoms with Crippen molar-refractivity contribution in [2.45, 2.75) is 6.42 Å². The number of nitrogens with one attached hydrogen (secondary N) is 1. The zero-order valence-electron chi connectivity index (χ0n) is 14.7. The summed E-state index contributed by atoms with van der Waals surface area (Å²) in [5.74, 6) is -0.483. The normalized spacial score (nSPS) is 12.6. The number of benzene rings is 2. The highest BCUT2D eigenvalue weighted by Crippen LogP contribution is 2.32. The second-order valence-electron chi connectivity index (χ2n) is 6.37. The topological polar surface area (TPSA) is 62.3 Å². The van der Waals surface area contributed by atoms with Gasteiger partial charge in [0.25, 0.3) is 11.8 Å². The SMILES string of the molecule is O=C(Nc1ccc2c(c1)N(C(=O)c1cccnc1)CC2)c1cc(Cl)ccc1Cl. The highest BCUT2D eigenvalue weighted by molar-refractivity contribution is 6.36. The Bertz CT molecular complexity index is 1070. The molecule has 0 aliphatic carbocycles. The third-order valence-electron chi connectivity index (χ3n) is 4.57. The van der Waals surface area contributed by atoms with Crippen molar-refractivity contribution < 1.29 is 9.59 Å². The number of nitrogens with zero attached hydrogens (tertiary/aromatic N) is 2. The number of carbonyl (C=O) groups is 2. The van der Waals surface area contributed by atoms with E-state index < -0.39 is 0 Å². The third kappa shape index (κ3) is 3.59. The Morgan fingerprint density at radius 1 is 1.07 bits per heavy atom. The first-order chi connectivity index (χ1) is 13.5. The number of halogens is 2. The molecule has 0 spiro atoms. The molecule has 0 atom stereocenters. The van der Waals surface area contributed by atoms with Gasteiger partial charge in [0.2, 0.25) is 0 Å². The van der Waals surface area contributed by atoms with Gasteiger partial charge in [-0.1, -0.05) is 29.3 Å². The van der Waals surface area contributed by atoms with E-state index in [1.54, 1.807) is 47.6 Å². The van der Waals surface area contributed by atoms with E-state index in [9.17, 15) is 9.59 Å². The molecule has 0 saturated carbocycles. The van der Waals surface area contributed by atoms with Crippen LogP contribution in [0.2, 0.25) is 10.0 Å². The third-order valence-corrected chi connectivity index (χ3v) is 5.13. The number of hydrogen-bond acceptors (Lipinski definition) is 3. The first-order valence-corrected chi connectivity index (χ1v) is 9.40. The Kier molecular flexibility index (Phi) is 5.03. The van der Waals surface area contributed by atoms with Gasteiger partial charge in [-0.3, -0.25) is 14.6 Å². The van der Waals surface area contributed by atoms with Gasteiger partial charge >= 0.3 is 0 Å². The minimum atomic E-state index is -0.365. The molecule has 2 heterocycles. The van der Waals surface area contributed by atoms with Crippen LogP contribution in [-0.2, 0) is 6.42 Å². The van der Waals surface area contributed by atoms with Gasteiger partial charge in [0.15, 0.2) is 0 Å². The van der Waals surface area contributed by atoms with Gasteiger partial charge in [-0.2, -0.15) is 0 Å². The predicted molar refractivity (Wildman–Crippen MR) is 110 cm³/mol. The minimum absolute atomic E-state index is 0.117. The summed E-state index contributed by atoms with van der Waals surface area (Å²) in [4.78, 5) is 31.1. The second-order valence-corrected chi connectivity index (χ2v) is 7.21. The molecule has 5 nitrogen and oxygen atoms in total. The van der Waals surface area contributed by atoms with E-state index in [2.05, 4.69) is 10.3 Å². The fraction of sp³-hybridized carbons (Fsp3) is 0.0952. The van der Waals surface area contributed by atoms with Crippen molar-refractivity contribution in [3.63, 3.8) is 0 Å². The van der Waals surface area contributed by atoms with Crippen molar-refractivity contribution in [2.24, 2.45) is 0 Å². The smallest absolute Gasteiger partial charge is 0.259 e. The van der Waals surface area contributed by atoms with E-state index in [1.807, 2.05) is 12.1 Å². The van der Waals surface area contributed by atoms with Crippen LogP contribution in [0.3, 0.4) is 0 Å². The summed E-state index contributed by atoms with van der Waals surface area (Å²) in [5.41, 5.74) is 3.22. The second kappa shape index (κ2) is 7.62. The Morgan fingerprint density at radius 2 is 1.93 bits per heavy atom. The van der Waals surface area contributed by atoms with E-state index in [1.165, 1.54) is 6.07 Å². The van der Waals surface area contributed by atoms with E-state index in [0.717, 1.165) is 17.7 Å². The Morgan fingerprint density at radius 3 is 2.71 bits per heavy atom. The molecule has 3 aromatic rings. The van der Waals surface area contributed by atoms with Crippen LogP contribution < -0.4 is 10.2 Å². The molecule has 0 fully saturated rings. The van der Waals surface area contributed by atoms with Crippen LogP contribution in [-0.4, -0.2) is 23.3 Å². The monoisotopic (exact) mass is 411 g/mol. The number of hydrogen-bond donors (Lipinski definition) is 1. The lowest BCUT2D eigenvalue weighted by atomic mass is 10.1. The van der Waals surface area contributed by atoms with E-state index in [4.69, 9.17) is 23.2 Å². The first-order valence-electron chi connectivity index (χ1n) is 8.64. The van der Waals surface area contributed by atoms with Crippen molar-refractivity contribution in [2.75, 3.05) is 16.8 Å². The molecule has 140 valence electrons. The molecular formula is C21H15Cl2N3O2. The summed E-state index contributed by atoms with van der Waals surface area (Å²) in [5, 5.41) is 3.57. The molecule has 2 amide bonds. The average molecular weight is 412 g/mol. The summed E-state index contributed by atoms with van der Waals surface area (Å²) in [6, 6.07) is 13.7. The van der Waals surface area contributed by atoms with Crippen molar-refractivity contribution in [1.82, 2.24) is 4.98 Å². The summed E-state index contributed by atoms with van der Waals surface area (Å²) >= 11 is 12.1. The van der Waals surface area contributed by atoms with Crippen LogP contribution in [0.4, 0.5) is 11.4 Å². The molecule has 0 radical (unpaired) electrons. The number of pyridine rings is 1. The molecule has 4 rings (SSSR count). The molecule has 2 aromatic carbocycles. The van der Waals surface area contributed by atoms with Crippen LogP contribution >= 0.6 is 23.2 Å². The molecule has 7 heteroatoms. The Balaban J connectivity index is 1.59. The van der Waals surface area contributed by atoms with Crippen molar-refractivity contribution in [3.8, 4) is 0 Å². The van der Waals surface area contributed by atoms with Gasteiger partial charge < -0.3 is 10.2 Å². The average Bonchev–Trinajstić information content (AvgIpc) is 3.13. The van der Waals surface area contributed by atoms with Crippen LogP contribution in [0.5, 0.6) is 0 Å². The van der Waals surface area contributed by atoms with Gasteiger partial charge in [-0.25, -0.2) is 0 Å². The van der Waals surface area contributed by atoms with Crippen LogP contribution in [0.25, 0.3) is 0 Å². The quantitative estimate of drug-likeness (QED) is 0.670. The predicted octanol–water partition coefficient (Wildman–Crippen LogP) is 4.84. The van der Waals surface area contributed by atoms with Gasteiger partial charge in [-0.05, 0) is 54.4 Å². The number of aromatic nitrogens is 1. The van der Waals surface area contributed by atoms with Gasteiger partial charge in [0, 0.05) is 35.3 Å². The maximum absolute atomic E-state index is 12.8. The van der Waals surface area contributed by atoms with Crippen LogP contribution in [0.15, 0.2) is 60.9 Å². The number of carbonyl (C=O) groups excluding carboxylic acids is 2. The highest BCUT2D eigenvalue weighted by Gasteiger charge is 2.26. The maximum Gasteiger partial charge on any atom is 0.259 e. The van der Waals surface area contributed by atoms with Crippen molar-refractivity contribution in [1.29, 1.82) is 0 Å². The van der Waals surface area contributed by atoms with Crippen LogP contribution in [0.1, 0.15) is 26.3 Å². The van der Waals surface area contributed by atoms with Gasteiger partial charge in [0.05, 0.1) is 16.1 Å². The van der Waals surface area contributed by atoms with Gasteiger partial charge in [-0.15, -0.1) is 0 Å². The largest absolute Gasteiger partial charge is 0.322 e. The summed E-state index contributed by atoms with van der Waals surface area (Å²) in [7, 11) is 0. The molecule has 1 N–H and O–H groups in total. The zero-order chi connectivity index (χ0) is 19.7. The van der Waals surface area contributed by atoms with Crippen LogP contribution in [0, 0.1) is 0 Å². The van der Waals surface area contributed by atoms with E-state index >= 15 is 0 Å². The number of anilines is 2. The lowest BCUT2D eigenvalue weighted by molar-refractivity contribution is 0.0987. The molecule has 28 heavy (non-hydrogen) atoms. The number of rotatable bonds is 3. The lowest BCUT2D eigenvalue weighted by Crippen LogP contribution is -2.29. The minimum Gasteiger partial charge on any atom is -0.322 e. The van der Waals surface area contributed by atoms with Crippen molar-refractivity contribution in [3.05, 3.63) is 87.7 Å². The summed E-state index contributed by atoms with van der Waals surface area (Å²) in [6.45, 7) is 0.584. The zero-order valence-corrected chi connectivity index (χ0v) is 16.2. The first kappa shape index (κ1) is 18.5. The Hall–Kier alpha value is -2.89. The number of amides is 2. The molecule has 1 aromatic heterocycles. The highest BCUT2D eigenvalue weighted by atomic mass is 35.5. The number of fused-ring (bicyclic) bond motifs is 1. The van der Waals surface area contributed by atoms with Gasteiger partial charge in [0.1, 0.15) is 0 Å². The maximum atomic E-state index is 12.8. The molecular weight excluding hydrogens is 397 g/mol. The lowest BCUT2D eigenvalue weighted by Gasteiger charge is -2.18. The molecule has 1 aliphatic rings.